The molecule has 2 aromatic rings. The summed E-state index contributed by atoms with van der Waals surface area (Å²) >= 11 is 0. The van der Waals surface area contributed by atoms with Gasteiger partial charge in [-0.25, -0.2) is 0 Å². The van der Waals surface area contributed by atoms with Crippen molar-refractivity contribution in [3.05, 3.63) is 65.7 Å². The number of benzene rings is 2. The summed E-state index contributed by atoms with van der Waals surface area (Å²) in [6.45, 7) is 0.193. The van der Waals surface area contributed by atoms with Crippen molar-refractivity contribution in [2.45, 2.75) is 204 Å². The lowest BCUT2D eigenvalue weighted by Crippen LogP contribution is -2.70. The molecule has 1 saturated carbocycles. The normalized spacial score (nSPS) is 40.3. The highest BCUT2D eigenvalue weighted by Gasteiger charge is 2.60. The number of carbonyl (C=O) groups excluding carboxylic acids is 6. The van der Waals surface area contributed by atoms with Gasteiger partial charge >= 0.3 is 0 Å². The van der Waals surface area contributed by atoms with E-state index in [4.69, 9.17) is 39.2 Å². The number of aliphatic hydroxyl groups excluding tert-OH is 12. The van der Waals surface area contributed by atoms with Crippen LogP contribution in [0.25, 0.3) is 0 Å². The molecule has 7 aliphatic heterocycles. The van der Waals surface area contributed by atoms with E-state index in [-0.39, 0.29) is 36.3 Å². The van der Waals surface area contributed by atoms with E-state index in [1.165, 1.54) is 19.1 Å². The lowest BCUT2D eigenvalue weighted by Gasteiger charge is -2.56. The van der Waals surface area contributed by atoms with Gasteiger partial charge in [0.05, 0.1) is 51.2 Å². The van der Waals surface area contributed by atoms with Crippen LogP contribution >= 0.6 is 0 Å². The number of aromatic hydroxyl groups is 1. The Labute approximate surface area is 566 Å². The van der Waals surface area contributed by atoms with Gasteiger partial charge in [0.1, 0.15) is 121 Å². The molecule has 1 spiro atoms. The summed E-state index contributed by atoms with van der Waals surface area (Å²) in [5, 5.41) is 188. The minimum Gasteiger partial charge on any atom is -0.508 e. The van der Waals surface area contributed by atoms with Crippen molar-refractivity contribution in [2.24, 2.45) is 11.8 Å². The number of hydrogen-bond donors (Lipinski definition) is 24. The van der Waals surface area contributed by atoms with E-state index >= 15 is 14.4 Å². The molecule has 6 amide bonds. The number of guanidine groups is 2. The van der Waals surface area contributed by atoms with E-state index < -0.39 is 244 Å². The minimum absolute atomic E-state index is 0.103. The first kappa shape index (κ1) is 74.6. The number of fused-ring (bicyclic) bond motifs is 1. The first-order valence-electron chi connectivity index (χ1n) is 32.8. The van der Waals surface area contributed by atoms with E-state index in [0.29, 0.717) is 5.56 Å². The summed E-state index contributed by atoms with van der Waals surface area (Å²) in [6.07, 6.45) is -29.5. The van der Waals surface area contributed by atoms with Crippen LogP contribution in [0.4, 0.5) is 0 Å². The van der Waals surface area contributed by atoms with Crippen LogP contribution in [0, 0.1) is 22.7 Å². The standard InChI is InChI=1S/C62H90N12O25/c1-23-8-7-9-24(2)62(23)94-22-34-51(99-62)47(86)49(88)59(97-34)98-50-33(21-77)95-52(46(85)45(50)84)36(27-12-14-28(78)15-13-27)38-55(91)72-39(41(80)29-16-66-60(63)69-29)57(93)73-40(42(81)31-17-67-61(64)74(31)58-48(87)44(83)43(82)32(20-76)96-58)56(92)68-30(19-75)53(89)65-18-35(79)70-37(54(90)71-38)25(3)26-10-5-4-6-11-26/h4-6,10-15,23-25,29-34,36-52,58-59,75-78,80-88H,7-9,16-22H2,1-3H3,(H2,64,67)(H,65,89)(H,68,92)(H,70,79)(H,71,90)(H,72,91)(H,73,93)(H3,63,66,69). The summed E-state index contributed by atoms with van der Waals surface area (Å²) < 4.78 is 37.3. The van der Waals surface area contributed by atoms with Gasteiger partial charge in [0.25, 0.3) is 0 Å². The van der Waals surface area contributed by atoms with Gasteiger partial charge in [-0.05, 0) is 36.1 Å². The zero-order valence-electron chi connectivity index (χ0n) is 54.1. The molecule has 7 saturated heterocycles. The molecule has 0 aromatic heterocycles. The average Bonchev–Trinajstić information content (AvgIpc) is 0.970. The van der Waals surface area contributed by atoms with Crippen molar-refractivity contribution in [3.63, 3.8) is 0 Å². The second-order valence-electron chi connectivity index (χ2n) is 26.5. The molecular weight excluding hydrogens is 1310 g/mol. The summed E-state index contributed by atoms with van der Waals surface area (Å²) in [6, 6.07) is -1.37. The number of aliphatic hydroxyl groups is 12. The monoisotopic (exact) mass is 1400 g/mol. The number of carbonyl (C=O) groups is 6. The van der Waals surface area contributed by atoms with Gasteiger partial charge in [0.2, 0.25) is 35.4 Å². The van der Waals surface area contributed by atoms with Crippen molar-refractivity contribution in [1.82, 2.24) is 52.8 Å². The van der Waals surface area contributed by atoms with Crippen LogP contribution in [0.3, 0.4) is 0 Å². The molecular formula is C62H90N12O25. The molecule has 0 radical (unpaired) electrons. The van der Waals surface area contributed by atoms with Gasteiger partial charge in [-0.1, -0.05) is 69.7 Å². The van der Waals surface area contributed by atoms with Crippen LogP contribution in [0.2, 0.25) is 0 Å². The van der Waals surface area contributed by atoms with E-state index in [0.717, 1.165) is 36.3 Å². The molecule has 1 aliphatic carbocycles. The van der Waals surface area contributed by atoms with E-state index in [1.54, 1.807) is 30.3 Å². The fourth-order valence-electron chi connectivity index (χ4n) is 14.5. The predicted molar refractivity (Wildman–Crippen MR) is 334 cm³/mol. The smallest absolute Gasteiger partial charge is 0.246 e. The SMILES string of the molecule is CC(c1ccccc1)C1NC(=O)CNC(=O)C(CO)NC(=O)C(C(O)C2CNC(=N)N2C2OC(CO)C(O)C(O)C2O)NC(=O)C(C(O)C2CNC(=N)N2)NC(=O)C(C(c2ccc(O)cc2)C2OC(CO)C(OC3OC4COC5(OC4C(O)C3O)C(C)CCCC5C)C(O)C2O)NC1=O. The summed E-state index contributed by atoms with van der Waals surface area (Å²) in [4.78, 5) is 90.9. The molecule has 28 atom stereocenters. The van der Waals surface area contributed by atoms with Crippen molar-refractivity contribution in [2.75, 3.05) is 46.1 Å². The lowest BCUT2D eigenvalue weighted by atomic mass is 9.76. The summed E-state index contributed by atoms with van der Waals surface area (Å²) in [7, 11) is 0. The molecule has 10 rings (SSSR count). The third-order valence-electron chi connectivity index (χ3n) is 20.2. The minimum atomic E-state index is -2.46. The Morgan fingerprint density at radius 1 is 0.616 bits per heavy atom. The Kier molecular flexibility index (Phi) is 23.7. The highest BCUT2D eigenvalue weighted by atomic mass is 16.8. The molecule has 37 nitrogen and oxygen atoms in total. The van der Waals surface area contributed by atoms with E-state index in [9.17, 15) is 80.8 Å². The van der Waals surface area contributed by atoms with Crippen LogP contribution in [0.15, 0.2) is 54.6 Å². The molecule has 99 heavy (non-hydrogen) atoms. The lowest BCUT2D eigenvalue weighted by molar-refractivity contribution is -0.422. The number of nitrogens with zero attached hydrogens (tertiary/aromatic N) is 1. The molecule has 2 aromatic carbocycles. The average molecular weight is 1400 g/mol. The molecule has 548 valence electrons. The predicted octanol–water partition coefficient (Wildman–Crippen LogP) is -10.1. The number of phenolic OH excluding ortho intramolecular Hbond substituents is 1. The third kappa shape index (κ3) is 15.3. The number of hydrogen-bond acceptors (Lipinski definition) is 27. The Bertz CT molecular complexity index is 3190. The largest absolute Gasteiger partial charge is 0.508 e. The molecule has 8 fully saturated rings. The highest BCUT2D eigenvalue weighted by Crippen LogP contribution is 2.48. The van der Waals surface area contributed by atoms with Gasteiger partial charge in [-0.15, -0.1) is 0 Å². The number of rotatable bonds is 15. The summed E-state index contributed by atoms with van der Waals surface area (Å²) in [5.74, 6) is -13.8. The third-order valence-corrected chi connectivity index (χ3v) is 20.2. The van der Waals surface area contributed by atoms with Crippen molar-refractivity contribution < 1.29 is 124 Å². The Morgan fingerprint density at radius 2 is 1.24 bits per heavy atom. The van der Waals surface area contributed by atoms with Crippen LogP contribution in [-0.4, -0.2) is 317 Å². The fourth-order valence-corrected chi connectivity index (χ4v) is 14.5. The second-order valence-corrected chi connectivity index (χ2v) is 26.5. The molecule has 28 unspecified atom stereocenters. The van der Waals surface area contributed by atoms with Gasteiger partial charge in [0.15, 0.2) is 30.2 Å². The number of ether oxygens (including phenoxy) is 6. The maximum absolute atomic E-state index is 16.1. The Balaban J connectivity index is 1.04. The molecule has 8 aliphatic rings. The highest BCUT2D eigenvalue weighted by molar-refractivity contribution is 5.99. The number of amides is 6. The maximum atomic E-state index is 16.1. The Morgan fingerprint density at radius 3 is 1.88 bits per heavy atom. The zero-order chi connectivity index (χ0) is 71.6. The van der Waals surface area contributed by atoms with Crippen molar-refractivity contribution >= 4 is 47.4 Å². The fraction of sp³-hybridized carbons (Fsp3) is 0.677. The van der Waals surface area contributed by atoms with E-state index in [2.05, 4.69) is 47.9 Å². The second kappa shape index (κ2) is 31.4. The van der Waals surface area contributed by atoms with E-state index in [1.807, 2.05) is 13.8 Å². The van der Waals surface area contributed by atoms with Crippen LogP contribution in [0.5, 0.6) is 5.75 Å². The van der Waals surface area contributed by atoms with Gasteiger partial charge in [0, 0.05) is 36.8 Å². The van der Waals surface area contributed by atoms with Gasteiger partial charge < -0.3 is 148 Å². The molecule has 0 bridgehead atoms. The molecule has 7 heterocycles. The van der Waals surface area contributed by atoms with Crippen LogP contribution in [0.1, 0.15) is 63.0 Å². The quantitative estimate of drug-likeness (QED) is 0.0787. The van der Waals surface area contributed by atoms with Crippen LogP contribution in [-0.2, 0) is 57.2 Å². The first-order chi connectivity index (χ1) is 47.1. The Hall–Kier alpha value is -7.12. The van der Waals surface area contributed by atoms with Crippen molar-refractivity contribution in [3.8, 4) is 5.75 Å². The number of phenols is 1. The van der Waals surface area contributed by atoms with Crippen molar-refractivity contribution in [1.29, 1.82) is 10.8 Å². The zero-order valence-corrected chi connectivity index (χ0v) is 54.1. The number of nitrogens with one attached hydrogen (secondary N) is 11. The molecule has 24 N–H and O–H groups in total. The summed E-state index contributed by atoms with van der Waals surface area (Å²) in [5.41, 5.74) is 0.292. The topological polar surface area (TPSA) is 580 Å². The molecule has 37 heteroatoms. The van der Waals surface area contributed by atoms with Gasteiger partial charge in [-0.3, -0.25) is 39.6 Å². The first-order valence-corrected chi connectivity index (χ1v) is 32.8. The van der Waals surface area contributed by atoms with Crippen LogP contribution < -0.4 is 47.9 Å². The maximum Gasteiger partial charge on any atom is 0.246 e. The van der Waals surface area contributed by atoms with Gasteiger partial charge in [-0.2, -0.15) is 0 Å².